The van der Waals surface area contributed by atoms with E-state index in [1.165, 1.54) is 19.0 Å². The van der Waals surface area contributed by atoms with Gasteiger partial charge in [-0.15, -0.1) is 0 Å². The van der Waals surface area contributed by atoms with Gasteiger partial charge in [-0.3, -0.25) is 4.72 Å². The second-order valence-corrected chi connectivity index (χ2v) is 7.72. The molecule has 1 heterocycles. The Morgan fingerprint density at radius 2 is 1.83 bits per heavy atom. The summed E-state index contributed by atoms with van der Waals surface area (Å²) in [4.78, 5) is 4.43. The van der Waals surface area contributed by atoms with Crippen LogP contribution in [0.1, 0.15) is 26.2 Å². The number of hydrogen-bond donors (Lipinski definition) is 2. The third-order valence-corrected chi connectivity index (χ3v) is 5.15. The number of rotatable bonds is 8. The van der Waals surface area contributed by atoms with Crippen LogP contribution in [0.2, 0.25) is 0 Å². The number of benzene rings is 1. The summed E-state index contributed by atoms with van der Waals surface area (Å²) >= 11 is 3.29. The smallest absolute Gasteiger partial charge is 0.261 e. The maximum absolute atomic E-state index is 12.3. The van der Waals surface area contributed by atoms with Crippen molar-refractivity contribution in [3.05, 3.63) is 47.1 Å². The van der Waals surface area contributed by atoms with Gasteiger partial charge in [-0.1, -0.05) is 35.7 Å². The molecule has 2 aromatic rings. The van der Waals surface area contributed by atoms with Gasteiger partial charge in [-0.05, 0) is 42.8 Å². The lowest BCUT2D eigenvalue weighted by atomic mass is 10.2. The summed E-state index contributed by atoms with van der Waals surface area (Å²) in [6.45, 7) is 3.02. The molecule has 7 heteroatoms. The van der Waals surface area contributed by atoms with E-state index in [1.807, 2.05) is 0 Å². The van der Waals surface area contributed by atoms with Crippen LogP contribution in [0.25, 0.3) is 0 Å². The molecule has 23 heavy (non-hydrogen) atoms. The van der Waals surface area contributed by atoms with Crippen molar-refractivity contribution in [2.24, 2.45) is 0 Å². The molecule has 0 atom stereocenters. The summed E-state index contributed by atoms with van der Waals surface area (Å²) < 4.78 is 27.9. The molecule has 1 aromatic carbocycles. The lowest BCUT2D eigenvalue weighted by Crippen LogP contribution is -2.13. The molecule has 124 valence electrons. The van der Waals surface area contributed by atoms with Crippen LogP contribution >= 0.6 is 15.9 Å². The molecule has 2 N–H and O–H groups in total. The molecule has 0 radical (unpaired) electrons. The van der Waals surface area contributed by atoms with Crippen molar-refractivity contribution >= 4 is 37.5 Å². The average molecular weight is 398 g/mol. The quantitative estimate of drug-likeness (QED) is 0.653. The van der Waals surface area contributed by atoms with Gasteiger partial charge in [-0.25, -0.2) is 13.4 Å². The molecule has 0 saturated heterocycles. The van der Waals surface area contributed by atoms with Gasteiger partial charge in [0.05, 0.1) is 16.8 Å². The van der Waals surface area contributed by atoms with Gasteiger partial charge in [-0.2, -0.15) is 0 Å². The minimum Gasteiger partial charge on any atom is -0.370 e. The number of halogens is 1. The molecule has 0 aliphatic heterocycles. The van der Waals surface area contributed by atoms with Crippen molar-refractivity contribution < 1.29 is 8.42 Å². The second kappa shape index (κ2) is 8.31. The zero-order valence-electron chi connectivity index (χ0n) is 12.9. The highest BCUT2D eigenvalue weighted by Gasteiger charge is 2.13. The molecule has 0 fully saturated rings. The first kappa shape index (κ1) is 17.7. The number of anilines is 2. The van der Waals surface area contributed by atoms with Crippen molar-refractivity contribution in [3.63, 3.8) is 0 Å². The third-order valence-electron chi connectivity index (χ3n) is 3.23. The van der Waals surface area contributed by atoms with Gasteiger partial charge in [0.1, 0.15) is 5.82 Å². The van der Waals surface area contributed by atoms with Gasteiger partial charge in [0.25, 0.3) is 10.0 Å². The Labute approximate surface area is 145 Å². The third kappa shape index (κ3) is 5.51. The molecule has 0 unspecified atom stereocenters. The molecule has 1 aromatic heterocycles. The Morgan fingerprint density at radius 3 is 2.43 bits per heavy atom. The normalized spacial score (nSPS) is 11.2. The van der Waals surface area contributed by atoms with Gasteiger partial charge in [0.15, 0.2) is 0 Å². The van der Waals surface area contributed by atoms with Crippen LogP contribution in [0.5, 0.6) is 0 Å². The van der Waals surface area contributed by atoms with E-state index in [9.17, 15) is 8.42 Å². The average Bonchev–Trinajstić information content (AvgIpc) is 2.53. The molecular weight excluding hydrogens is 378 g/mol. The van der Waals surface area contributed by atoms with E-state index >= 15 is 0 Å². The molecule has 0 aliphatic rings. The van der Waals surface area contributed by atoms with Crippen LogP contribution in [-0.4, -0.2) is 19.9 Å². The predicted octanol–water partition coefficient (Wildman–Crippen LogP) is 4.25. The summed E-state index contributed by atoms with van der Waals surface area (Å²) in [7, 11) is -3.60. The maximum atomic E-state index is 12.3. The van der Waals surface area contributed by atoms with Crippen LogP contribution in [-0.2, 0) is 10.0 Å². The van der Waals surface area contributed by atoms with Crippen molar-refractivity contribution in [3.8, 4) is 0 Å². The molecule has 2 rings (SSSR count). The maximum Gasteiger partial charge on any atom is 0.261 e. The Kier molecular flexibility index (Phi) is 6.41. The Bertz CT molecular complexity index is 716. The fraction of sp³-hybridized carbons (Fsp3) is 0.312. The molecule has 0 saturated carbocycles. The van der Waals surface area contributed by atoms with E-state index < -0.39 is 10.0 Å². The van der Waals surface area contributed by atoms with Gasteiger partial charge < -0.3 is 5.32 Å². The SMILES string of the molecule is CCCCCNc1ccc(NS(=O)(=O)c2ccc(Br)cc2)cn1. The standard InChI is InChI=1S/C16H20BrN3O2S/c1-2-3-4-11-18-16-10-7-14(12-19-16)20-23(21,22)15-8-5-13(17)6-9-15/h5-10,12,20H,2-4,11H2,1H3,(H,18,19). The highest BCUT2D eigenvalue weighted by molar-refractivity contribution is 9.10. The highest BCUT2D eigenvalue weighted by atomic mass is 79.9. The van der Waals surface area contributed by atoms with Crippen molar-refractivity contribution in [2.45, 2.75) is 31.1 Å². The largest absolute Gasteiger partial charge is 0.370 e. The molecule has 0 aliphatic carbocycles. The first-order valence-electron chi connectivity index (χ1n) is 7.49. The second-order valence-electron chi connectivity index (χ2n) is 5.13. The zero-order chi connectivity index (χ0) is 16.7. The van der Waals surface area contributed by atoms with Crippen LogP contribution in [0.3, 0.4) is 0 Å². The van der Waals surface area contributed by atoms with Crippen LogP contribution in [0.4, 0.5) is 11.5 Å². The monoisotopic (exact) mass is 397 g/mol. The number of nitrogens with one attached hydrogen (secondary N) is 2. The first-order valence-corrected chi connectivity index (χ1v) is 9.77. The van der Waals surface area contributed by atoms with Crippen LogP contribution < -0.4 is 10.0 Å². The van der Waals surface area contributed by atoms with Crippen LogP contribution in [0.15, 0.2) is 52.0 Å². The van der Waals surface area contributed by atoms with E-state index in [4.69, 9.17) is 0 Å². The van der Waals surface area contributed by atoms with Gasteiger partial charge in [0, 0.05) is 11.0 Å². The van der Waals surface area contributed by atoms with E-state index in [0.29, 0.717) is 5.69 Å². The Hall–Kier alpha value is -1.60. The molecular formula is C16H20BrN3O2S. The van der Waals surface area contributed by atoms with E-state index in [2.05, 4.69) is 37.9 Å². The minimum atomic E-state index is -3.60. The zero-order valence-corrected chi connectivity index (χ0v) is 15.3. The number of sulfonamides is 1. The summed E-state index contributed by atoms with van der Waals surface area (Å²) in [6, 6.07) is 9.94. The topological polar surface area (TPSA) is 71.1 Å². The molecule has 0 bridgehead atoms. The molecule has 0 amide bonds. The summed E-state index contributed by atoms with van der Waals surface area (Å²) in [5.74, 6) is 0.743. The lowest BCUT2D eigenvalue weighted by molar-refractivity contribution is 0.601. The lowest BCUT2D eigenvalue weighted by Gasteiger charge is -2.09. The van der Waals surface area contributed by atoms with E-state index in [-0.39, 0.29) is 4.90 Å². The Balaban J connectivity index is 1.98. The van der Waals surface area contributed by atoms with Crippen LogP contribution in [0, 0.1) is 0 Å². The summed E-state index contributed by atoms with van der Waals surface area (Å²) in [5.41, 5.74) is 0.437. The fourth-order valence-electron chi connectivity index (χ4n) is 1.98. The number of unbranched alkanes of at least 4 members (excludes halogenated alkanes) is 2. The number of pyridine rings is 1. The number of nitrogens with zero attached hydrogens (tertiary/aromatic N) is 1. The predicted molar refractivity (Wildman–Crippen MR) is 97.2 cm³/mol. The first-order chi connectivity index (χ1) is 11.0. The number of hydrogen-bond acceptors (Lipinski definition) is 4. The fourth-order valence-corrected chi connectivity index (χ4v) is 3.29. The summed E-state index contributed by atoms with van der Waals surface area (Å²) in [6.07, 6.45) is 4.96. The van der Waals surface area contributed by atoms with Crippen molar-refractivity contribution in [2.75, 3.05) is 16.6 Å². The molecule has 0 spiro atoms. The van der Waals surface area contributed by atoms with Gasteiger partial charge in [0.2, 0.25) is 0 Å². The highest BCUT2D eigenvalue weighted by Crippen LogP contribution is 2.18. The Morgan fingerprint density at radius 1 is 1.09 bits per heavy atom. The van der Waals surface area contributed by atoms with Gasteiger partial charge >= 0.3 is 0 Å². The minimum absolute atomic E-state index is 0.211. The van der Waals surface area contributed by atoms with E-state index in [1.54, 1.807) is 36.4 Å². The molecule has 5 nitrogen and oxygen atoms in total. The van der Waals surface area contributed by atoms with Crippen molar-refractivity contribution in [1.29, 1.82) is 0 Å². The van der Waals surface area contributed by atoms with E-state index in [0.717, 1.165) is 23.3 Å². The number of aromatic nitrogens is 1. The van der Waals surface area contributed by atoms with Crippen molar-refractivity contribution in [1.82, 2.24) is 4.98 Å². The summed E-state index contributed by atoms with van der Waals surface area (Å²) in [5, 5.41) is 3.21.